The van der Waals surface area contributed by atoms with Gasteiger partial charge in [-0.05, 0) is 65.4 Å². The molecule has 1 aliphatic rings. The zero-order chi connectivity index (χ0) is 17.1. The van der Waals surface area contributed by atoms with Crippen molar-refractivity contribution in [2.45, 2.75) is 26.7 Å². The summed E-state index contributed by atoms with van der Waals surface area (Å²) in [5.74, 6) is 1.15. The average molecular weight is 389 g/mol. The van der Waals surface area contributed by atoms with Crippen LogP contribution in [0.25, 0.3) is 0 Å². The van der Waals surface area contributed by atoms with E-state index in [0.29, 0.717) is 11.6 Å². The van der Waals surface area contributed by atoms with E-state index in [-0.39, 0.29) is 5.91 Å². The van der Waals surface area contributed by atoms with Gasteiger partial charge in [-0.2, -0.15) is 0 Å². The maximum Gasteiger partial charge on any atom is 0.274 e. The highest BCUT2D eigenvalue weighted by Crippen LogP contribution is 2.24. The Morgan fingerprint density at radius 1 is 1.29 bits per heavy atom. The third-order valence-electron chi connectivity index (χ3n) is 4.31. The molecule has 0 atom stereocenters. The van der Waals surface area contributed by atoms with E-state index in [2.05, 4.69) is 43.0 Å². The standard InChI is InChI=1S/C18H21BrN4O/c1-12-6-9-23(10-7-12)18-20-8-5-16(22-18)17(24)21-15-4-3-13(2)11-14(15)19/h3-5,8,11-12H,6-7,9-10H2,1-2H3,(H,21,24). The van der Waals surface area contributed by atoms with Crippen molar-refractivity contribution >= 4 is 33.5 Å². The Bertz CT molecular complexity index is 742. The van der Waals surface area contributed by atoms with E-state index in [1.165, 1.54) is 0 Å². The molecule has 126 valence electrons. The topological polar surface area (TPSA) is 58.1 Å². The predicted octanol–water partition coefficient (Wildman–Crippen LogP) is 4.04. The molecule has 1 fully saturated rings. The van der Waals surface area contributed by atoms with Crippen molar-refractivity contribution in [1.29, 1.82) is 0 Å². The van der Waals surface area contributed by atoms with Crippen LogP contribution in [0, 0.1) is 12.8 Å². The van der Waals surface area contributed by atoms with Crippen LogP contribution in [0.15, 0.2) is 34.9 Å². The van der Waals surface area contributed by atoms with Gasteiger partial charge in [0, 0.05) is 23.8 Å². The largest absolute Gasteiger partial charge is 0.341 e. The summed E-state index contributed by atoms with van der Waals surface area (Å²) in [5, 5.41) is 2.90. The maximum atomic E-state index is 12.5. The van der Waals surface area contributed by atoms with Crippen molar-refractivity contribution in [2.24, 2.45) is 5.92 Å². The molecule has 1 aliphatic heterocycles. The van der Waals surface area contributed by atoms with Gasteiger partial charge in [-0.1, -0.05) is 13.0 Å². The van der Waals surface area contributed by atoms with Gasteiger partial charge in [0.05, 0.1) is 5.69 Å². The van der Waals surface area contributed by atoms with Crippen molar-refractivity contribution in [2.75, 3.05) is 23.3 Å². The van der Waals surface area contributed by atoms with E-state index in [9.17, 15) is 4.79 Å². The van der Waals surface area contributed by atoms with Crippen LogP contribution in [0.3, 0.4) is 0 Å². The number of benzene rings is 1. The monoisotopic (exact) mass is 388 g/mol. The first-order valence-electron chi connectivity index (χ1n) is 8.18. The van der Waals surface area contributed by atoms with Gasteiger partial charge in [-0.15, -0.1) is 0 Å². The Morgan fingerprint density at radius 2 is 2.04 bits per heavy atom. The molecule has 6 heteroatoms. The quantitative estimate of drug-likeness (QED) is 0.861. The summed E-state index contributed by atoms with van der Waals surface area (Å²) in [7, 11) is 0. The number of nitrogens with one attached hydrogen (secondary N) is 1. The normalized spacial score (nSPS) is 15.4. The molecular weight excluding hydrogens is 368 g/mol. The molecule has 5 nitrogen and oxygen atoms in total. The molecule has 1 saturated heterocycles. The van der Waals surface area contributed by atoms with Crippen molar-refractivity contribution in [1.82, 2.24) is 9.97 Å². The van der Waals surface area contributed by atoms with Crippen molar-refractivity contribution in [3.63, 3.8) is 0 Å². The second-order valence-corrected chi connectivity index (χ2v) is 7.20. The number of aromatic nitrogens is 2. The first-order valence-corrected chi connectivity index (χ1v) is 8.98. The molecule has 0 saturated carbocycles. The minimum atomic E-state index is -0.228. The molecule has 1 aromatic heterocycles. The summed E-state index contributed by atoms with van der Waals surface area (Å²) < 4.78 is 0.857. The zero-order valence-corrected chi connectivity index (χ0v) is 15.5. The second-order valence-electron chi connectivity index (χ2n) is 6.35. The van der Waals surface area contributed by atoms with E-state index in [1.54, 1.807) is 12.3 Å². The fourth-order valence-corrected chi connectivity index (χ4v) is 3.34. The van der Waals surface area contributed by atoms with Gasteiger partial charge < -0.3 is 10.2 Å². The molecule has 1 N–H and O–H groups in total. The number of aryl methyl sites for hydroxylation is 1. The van der Waals surface area contributed by atoms with Crippen LogP contribution in [-0.2, 0) is 0 Å². The molecule has 2 aromatic rings. The Kier molecular flexibility index (Phi) is 5.14. The van der Waals surface area contributed by atoms with E-state index >= 15 is 0 Å². The number of piperidine rings is 1. The van der Waals surface area contributed by atoms with Gasteiger partial charge in [0.15, 0.2) is 0 Å². The van der Waals surface area contributed by atoms with Crippen LogP contribution in [-0.4, -0.2) is 29.0 Å². The van der Waals surface area contributed by atoms with E-state index in [1.807, 2.05) is 25.1 Å². The van der Waals surface area contributed by atoms with Crippen LogP contribution in [0.2, 0.25) is 0 Å². The zero-order valence-electron chi connectivity index (χ0n) is 13.9. The van der Waals surface area contributed by atoms with Crippen molar-refractivity contribution in [3.8, 4) is 0 Å². The molecule has 0 unspecified atom stereocenters. The maximum absolute atomic E-state index is 12.5. The summed E-state index contributed by atoms with van der Waals surface area (Å²) in [5.41, 5.74) is 2.24. The van der Waals surface area contributed by atoms with Crippen LogP contribution < -0.4 is 10.2 Å². The third-order valence-corrected chi connectivity index (χ3v) is 4.97. The highest BCUT2D eigenvalue weighted by molar-refractivity contribution is 9.10. The summed E-state index contributed by atoms with van der Waals surface area (Å²) in [6.45, 7) is 6.15. The van der Waals surface area contributed by atoms with Gasteiger partial charge in [-0.25, -0.2) is 9.97 Å². The number of carbonyl (C=O) groups excluding carboxylic acids is 1. The minimum Gasteiger partial charge on any atom is -0.341 e. The summed E-state index contributed by atoms with van der Waals surface area (Å²) >= 11 is 3.48. The summed E-state index contributed by atoms with van der Waals surface area (Å²) in [6.07, 6.45) is 3.92. The van der Waals surface area contributed by atoms with Crippen LogP contribution in [0.4, 0.5) is 11.6 Å². The number of amides is 1. The SMILES string of the molecule is Cc1ccc(NC(=O)c2ccnc(N3CCC(C)CC3)n2)c(Br)c1. The Balaban J connectivity index is 1.74. The molecule has 2 heterocycles. The average Bonchev–Trinajstić information content (AvgIpc) is 2.58. The van der Waals surface area contributed by atoms with Gasteiger partial charge in [0.25, 0.3) is 5.91 Å². The lowest BCUT2D eigenvalue weighted by atomic mass is 10.00. The lowest BCUT2D eigenvalue weighted by Gasteiger charge is -2.30. The number of hydrogen-bond donors (Lipinski definition) is 1. The van der Waals surface area contributed by atoms with Gasteiger partial charge in [0.1, 0.15) is 5.69 Å². The Morgan fingerprint density at radius 3 is 2.75 bits per heavy atom. The number of rotatable bonds is 3. The fourth-order valence-electron chi connectivity index (χ4n) is 2.74. The Labute approximate surface area is 150 Å². The molecule has 0 radical (unpaired) electrons. The lowest BCUT2D eigenvalue weighted by Crippen LogP contribution is -2.34. The number of nitrogens with zero attached hydrogens (tertiary/aromatic N) is 3. The molecule has 0 aliphatic carbocycles. The van der Waals surface area contributed by atoms with Crippen molar-refractivity contribution < 1.29 is 4.79 Å². The molecule has 0 bridgehead atoms. The molecule has 0 spiro atoms. The smallest absolute Gasteiger partial charge is 0.274 e. The molecule has 1 aromatic carbocycles. The van der Waals surface area contributed by atoms with Crippen LogP contribution in [0.1, 0.15) is 35.8 Å². The predicted molar refractivity (Wildman–Crippen MR) is 99.5 cm³/mol. The fraction of sp³-hybridized carbons (Fsp3) is 0.389. The molecular formula is C18H21BrN4O. The number of anilines is 2. The van der Waals surface area contributed by atoms with E-state index in [4.69, 9.17) is 0 Å². The summed E-state index contributed by atoms with van der Waals surface area (Å²) in [4.78, 5) is 23.4. The van der Waals surface area contributed by atoms with Gasteiger partial charge in [0.2, 0.25) is 5.95 Å². The molecule has 3 rings (SSSR count). The van der Waals surface area contributed by atoms with E-state index in [0.717, 1.165) is 47.6 Å². The first kappa shape index (κ1) is 16.9. The lowest BCUT2D eigenvalue weighted by molar-refractivity contribution is 0.102. The molecule has 1 amide bonds. The van der Waals surface area contributed by atoms with Gasteiger partial charge in [-0.3, -0.25) is 4.79 Å². The highest BCUT2D eigenvalue weighted by atomic mass is 79.9. The summed E-state index contributed by atoms with van der Waals surface area (Å²) in [6, 6.07) is 7.45. The van der Waals surface area contributed by atoms with Crippen molar-refractivity contribution in [3.05, 3.63) is 46.2 Å². The number of hydrogen-bond acceptors (Lipinski definition) is 4. The first-order chi connectivity index (χ1) is 11.5. The minimum absolute atomic E-state index is 0.228. The van der Waals surface area contributed by atoms with Gasteiger partial charge >= 0.3 is 0 Å². The van der Waals surface area contributed by atoms with E-state index < -0.39 is 0 Å². The molecule has 24 heavy (non-hydrogen) atoms. The number of halogens is 1. The van der Waals surface area contributed by atoms with Crippen LogP contribution in [0.5, 0.6) is 0 Å². The second kappa shape index (κ2) is 7.30. The Hall–Kier alpha value is -1.95. The highest BCUT2D eigenvalue weighted by Gasteiger charge is 2.19. The number of carbonyl (C=O) groups is 1. The van der Waals surface area contributed by atoms with Crippen LogP contribution >= 0.6 is 15.9 Å². The third kappa shape index (κ3) is 3.93.